The maximum Gasteiger partial charge on any atom is 0.435 e. The van der Waals surface area contributed by atoms with E-state index >= 15 is 4.39 Å². The molecule has 42 heavy (non-hydrogen) atoms. The molecule has 0 aromatic heterocycles. The second-order valence-corrected chi connectivity index (χ2v) is 9.15. The van der Waals surface area contributed by atoms with E-state index < -0.39 is 80.4 Å². The molecule has 3 aromatic carbocycles. The monoisotopic (exact) mass is 673 g/mol. The quantitative estimate of drug-likeness (QED) is 0.268. The number of hydrogen-bond donors (Lipinski definition) is 2. The van der Waals surface area contributed by atoms with Crippen molar-refractivity contribution in [1.29, 1.82) is 5.26 Å². The molecule has 3 rings (SSSR count). The highest BCUT2D eigenvalue weighted by Gasteiger charge is 2.73. The lowest BCUT2D eigenvalue weighted by Gasteiger charge is -2.31. The van der Waals surface area contributed by atoms with Crippen molar-refractivity contribution in [2.75, 3.05) is 10.6 Å². The van der Waals surface area contributed by atoms with Crippen LogP contribution < -0.4 is 10.6 Å². The minimum atomic E-state index is -6.73. The topological polar surface area (TPSA) is 82.0 Å². The highest BCUT2D eigenvalue weighted by atomic mass is 79.9. The van der Waals surface area contributed by atoms with E-state index in [1.807, 2.05) is 0 Å². The molecule has 0 saturated heterocycles. The van der Waals surface area contributed by atoms with Gasteiger partial charge >= 0.3 is 24.2 Å². The minimum Gasteiger partial charge on any atom is -0.320 e. The van der Waals surface area contributed by atoms with E-state index in [1.54, 1.807) is 11.4 Å². The fourth-order valence-corrected chi connectivity index (χ4v) is 4.11. The summed E-state index contributed by atoms with van der Waals surface area (Å²) in [7, 11) is 0. The predicted molar refractivity (Wildman–Crippen MR) is 128 cm³/mol. The van der Waals surface area contributed by atoms with Crippen LogP contribution in [0.5, 0.6) is 0 Å². The van der Waals surface area contributed by atoms with E-state index in [-0.39, 0.29) is 17.2 Å². The number of rotatable bonds is 5. The molecule has 0 unspecified atom stereocenters. The molecular weight excluding hydrogens is 663 g/mol. The fourth-order valence-electron chi connectivity index (χ4n) is 3.55. The molecule has 0 atom stereocenters. The minimum absolute atomic E-state index is 0.0729. The van der Waals surface area contributed by atoms with Crippen LogP contribution in [0.4, 0.5) is 59.7 Å². The SMILES string of the molecule is N#Cc1cccc(C(=O)Nc2cccc(C(=O)Nc3c(Br)cc(C(F)(C(F)(F)F)C(F)(F)F)cc3C(F)(F)F)c2F)c1. The summed E-state index contributed by atoms with van der Waals surface area (Å²) in [4.78, 5) is 25.2. The summed E-state index contributed by atoms with van der Waals surface area (Å²) in [5.74, 6) is -4.12. The van der Waals surface area contributed by atoms with E-state index in [0.29, 0.717) is 0 Å². The summed E-state index contributed by atoms with van der Waals surface area (Å²) in [5.41, 5.74) is -14.2. The zero-order chi connectivity index (χ0) is 31.8. The lowest BCUT2D eigenvalue weighted by molar-refractivity contribution is -0.348. The van der Waals surface area contributed by atoms with Crippen LogP contribution in [0.2, 0.25) is 0 Å². The van der Waals surface area contributed by atoms with Crippen LogP contribution in [0.1, 0.15) is 37.4 Å². The Kier molecular flexibility index (Phi) is 8.64. The summed E-state index contributed by atoms with van der Waals surface area (Å²) >= 11 is 2.33. The first kappa shape index (κ1) is 32.3. The van der Waals surface area contributed by atoms with Gasteiger partial charge in [-0.05, 0) is 58.4 Å². The van der Waals surface area contributed by atoms with E-state index in [1.165, 1.54) is 18.2 Å². The third-order valence-corrected chi connectivity index (χ3v) is 6.18. The number of carbonyl (C=O) groups is 2. The zero-order valence-corrected chi connectivity index (χ0v) is 21.6. The summed E-state index contributed by atoms with van der Waals surface area (Å²) < 4.78 is 148. The van der Waals surface area contributed by atoms with Crippen molar-refractivity contribution >= 4 is 39.1 Å². The molecule has 17 heteroatoms. The largest absolute Gasteiger partial charge is 0.435 e. The number of nitriles is 1. The Morgan fingerprint density at radius 3 is 1.93 bits per heavy atom. The Morgan fingerprint density at radius 2 is 1.38 bits per heavy atom. The maximum absolute atomic E-state index is 15.1. The first-order chi connectivity index (χ1) is 19.2. The average Bonchev–Trinajstić information content (AvgIpc) is 2.88. The second-order valence-electron chi connectivity index (χ2n) is 8.30. The molecule has 0 aliphatic heterocycles. The number of halogens is 12. The first-order valence-electron chi connectivity index (χ1n) is 10.9. The molecule has 0 heterocycles. The number of carbonyl (C=O) groups excluding carboxylic acids is 2. The van der Waals surface area contributed by atoms with E-state index in [9.17, 15) is 53.5 Å². The molecular formula is C25H11BrF11N3O2. The van der Waals surface area contributed by atoms with Gasteiger partial charge in [0.25, 0.3) is 11.8 Å². The Balaban J connectivity index is 2.04. The summed E-state index contributed by atoms with van der Waals surface area (Å²) in [6.07, 6.45) is -19.2. The molecule has 3 aromatic rings. The van der Waals surface area contributed by atoms with Crippen LogP contribution in [0.15, 0.2) is 59.1 Å². The van der Waals surface area contributed by atoms with E-state index in [4.69, 9.17) is 5.26 Å². The van der Waals surface area contributed by atoms with Gasteiger partial charge in [-0.25, -0.2) is 8.78 Å². The lowest BCUT2D eigenvalue weighted by Crippen LogP contribution is -2.50. The van der Waals surface area contributed by atoms with Crippen LogP contribution in [-0.2, 0) is 11.8 Å². The van der Waals surface area contributed by atoms with Crippen LogP contribution in [0.3, 0.4) is 0 Å². The van der Waals surface area contributed by atoms with Gasteiger partial charge in [-0.2, -0.15) is 44.8 Å². The van der Waals surface area contributed by atoms with Crippen molar-refractivity contribution in [3.8, 4) is 6.07 Å². The fraction of sp³-hybridized carbons (Fsp3) is 0.160. The maximum atomic E-state index is 15.1. The van der Waals surface area contributed by atoms with Crippen molar-refractivity contribution in [1.82, 2.24) is 0 Å². The molecule has 2 N–H and O–H groups in total. The van der Waals surface area contributed by atoms with Gasteiger partial charge < -0.3 is 10.6 Å². The van der Waals surface area contributed by atoms with Gasteiger partial charge in [-0.1, -0.05) is 12.1 Å². The lowest BCUT2D eigenvalue weighted by atomic mass is 9.92. The Bertz CT molecular complexity index is 1580. The van der Waals surface area contributed by atoms with Gasteiger partial charge in [0.05, 0.1) is 34.1 Å². The number of anilines is 2. The van der Waals surface area contributed by atoms with Gasteiger partial charge in [-0.3, -0.25) is 9.59 Å². The van der Waals surface area contributed by atoms with Crippen LogP contribution >= 0.6 is 15.9 Å². The van der Waals surface area contributed by atoms with Crippen molar-refractivity contribution < 1.29 is 57.9 Å². The summed E-state index contributed by atoms with van der Waals surface area (Å²) in [6, 6.07) is 8.54. The average molecular weight is 674 g/mol. The third-order valence-electron chi connectivity index (χ3n) is 5.56. The Hall–Kier alpha value is -4.20. The molecule has 222 valence electrons. The molecule has 2 amide bonds. The van der Waals surface area contributed by atoms with E-state index in [0.717, 1.165) is 24.3 Å². The summed E-state index contributed by atoms with van der Waals surface area (Å²) in [6.45, 7) is 0. The number of amides is 2. The molecule has 0 saturated carbocycles. The molecule has 0 aliphatic rings. The van der Waals surface area contributed by atoms with Crippen LogP contribution in [0, 0.1) is 17.1 Å². The third kappa shape index (κ3) is 6.17. The van der Waals surface area contributed by atoms with Gasteiger partial charge in [0.15, 0.2) is 5.82 Å². The number of alkyl halides is 10. The zero-order valence-electron chi connectivity index (χ0n) is 20.0. The van der Waals surface area contributed by atoms with Gasteiger partial charge in [0.2, 0.25) is 0 Å². The molecule has 0 radical (unpaired) electrons. The standard InChI is InChI=1S/C25H11BrF11N3O2/c26-16-9-13(22(28,24(32,33)34)25(35,36)37)8-15(23(29,30)31)19(16)40-21(42)14-5-2-6-17(18(14)27)39-20(41)12-4-1-3-11(7-12)10-38/h1-9H,(H,39,41)(H,40,42). The smallest absolute Gasteiger partial charge is 0.320 e. The first-order valence-corrected chi connectivity index (χ1v) is 11.7. The van der Waals surface area contributed by atoms with Crippen LogP contribution in [-0.4, -0.2) is 24.2 Å². The molecule has 0 aliphatic carbocycles. The van der Waals surface area contributed by atoms with Gasteiger partial charge in [0, 0.05) is 15.6 Å². The number of nitrogens with one attached hydrogen (secondary N) is 2. The number of hydrogen-bond acceptors (Lipinski definition) is 3. The number of benzene rings is 3. The Morgan fingerprint density at radius 1 is 0.786 bits per heavy atom. The normalized spacial score (nSPS) is 12.5. The van der Waals surface area contributed by atoms with E-state index in [2.05, 4.69) is 21.2 Å². The van der Waals surface area contributed by atoms with Gasteiger partial charge in [-0.15, -0.1) is 0 Å². The molecule has 0 fully saturated rings. The Labute approximate surface area is 236 Å². The highest BCUT2D eigenvalue weighted by molar-refractivity contribution is 9.10. The highest BCUT2D eigenvalue weighted by Crippen LogP contribution is 2.55. The molecule has 0 bridgehead atoms. The van der Waals surface area contributed by atoms with Crippen molar-refractivity contribution in [3.05, 3.63) is 92.7 Å². The van der Waals surface area contributed by atoms with Crippen molar-refractivity contribution in [2.45, 2.75) is 24.2 Å². The summed E-state index contributed by atoms with van der Waals surface area (Å²) in [5, 5.41) is 12.6. The van der Waals surface area contributed by atoms with Crippen LogP contribution in [0.25, 0.3) is 0 Å². The number of nitrogens with zero attached hydrogens (tertiary/aromatic N) is 1. The van der Waals surface area contributed by atoms with Crippen molar-refractivity contribution in [2.24, 2.45) is 0 Å². The molecule has 0 spiro atoms. The van der Waals surface area contributed by atoms with Crippen molar-refractivity contribution in [3.63, 3.8) is 0 Å². The van der Waals surface area contributed by atoms with Gasteiger partial charge in [0.1, 0.15) is 0 Å². The predicted octanol–water partition coefficient (Wildman–Crippen LogP) is 8.27. The second kappa shape index (κ2) is 11.2. The molecule has 5 nitrogen and oxygen atoms in total.